The van der Waals surface area contributed by atoms with Crippen LogP contribution in [0.15, 0.2) is 42.5 Å². The van der Waals surface area contributed by atoms with Crippen LogP contribution >= 0.6 is 23.2 Å². The highest BCUT2D eigenvalue weighted by Crippen LogP contribution is 2.26. The van der Waals surface area contributed by atoms with Crippen LogP contribution in [0.3, 0.4) is 0 Å². The molecule has 0 radical (unpaired) electrons. The van der Waals surface area contributed by atoms with Crippen molar-refractivity contribution in [3.8, 4) is 6.07 Å². The van der Waals surface area contributed by atoms with Gasteiger partial charge in [0.2, 0.25) is 5.91 Å². The van der Waals surface area contributed by atoms with Crippen molar-refractivity contribution in [3.05, 3.63) is 63.6 Å². The van der Waals surface area contributed by atoms with Gasteiger partial charge in [0.15, 0.2) is 0 Å². The second-order valence-electron chi connectivity index (χ2n) is 5.47. The molecule has 0 unspecified atom stereocenters. The van der Waals surface area contributed by atoms with Gasteiger partial charge in [-0.1, -0.05) is 47.5 Å². The van der Waals surface area contributed by atoms with E-state index in [2.05, 4.69) is 11.4 Å². The van der Waals surface area contributed by atoms with Crippen LogP contribution in [-0.2, 0) is 17.8 Å². The Morgan fingerprint density at radius 3 is 2.58 bits per heavy atom. The van der Waals surface area contributed by atoms with E-state index in [1.165, 1.54) is 0 Å². The van der Waals surface area contributed by atoms with Gasteiger partial charge in [-0.3, -0.25) is 9.69 Å². The maximum Gasteiger partial charge on any atom is 0.238 e. The summed E-state index contributed by atoms with van der Waals surface area (Å²) in [5, 5.41) is 12.5. The molecule has 0 aliphatic rings. The van der Waals surface area contributed by atoms with Gasteiger partial charge in [-0.25, -0.2) is 0 Å². The lowest BCUT2D eigenvalue weighted by Crippen LogP contribution is -2.29. The summed E-state index contributed by atoms with van der Waals surface area (Å²) in [4.78, 5) is 14.0. The maximum absolute atomic E-state index is 12.1. The number of amides is 1. The third-order valence-electron chi connectivity index (χ3n) is 3.41. The molecule has 0 aromatic heterocycles. The Morgan fingerprint density at radius 2 is 1.92 bits per heavy atom. The average Bonchev–Trinajstić information content (AvgIpc) is 2.54. The fraction of sp³-hybridized carbons (Fsp3) is 0.222. The number of hydrogen-bond donors (Lipinski definition) is 1. The molecule has 0 heterocycles. The molecule has 0 saturated heterocycles. The smallest absolute Gasteiger partial charge is 0.238 e. The van der Waals surface area contributed by atoms with Crippen molar-refractivity contribution in [1.82, 2.24) is 4.90 Å². The van der Waals surface area contributed by atoms with E-state index in [1.54, 1.807) is 18.2 Å². The van der Waals surface area contributed by atoms with E-state index in [1.807, 2.05) is 36.2 Å². The largest absolute Gasteiger partial charge is 0.325 e. The van der Waals surface area contributed by atoms with Gasteiger partial charge in [0.25, 0.3) is 0 Å². The molecular formula is C18H17Cl2N3O. The summed E-state index contributed by atoms with van der Waals surface area (Å²) < 4.78 is 0. The number of carbonyl (C=O) groups excluding carboxylic acids is 1. The van der Waals surface area contributed by atoms with Crippen LogP contribution in [0.25, 0.3) is 0 Å². The number of likely N-dealkylation sites (N-methyl/N-ethyl adjacent to an activating group) is 1. The fourth-order valence-electron chi connectivity index (χ4n) is 2.26. The minimum atomic E-state index is -0.122. The second-order valence-corrected chi connectivity index (χ2v) is 6.25. The molecule has 0 saturated carbocycles. The van der Waals surface area contributed by atoms with Crippen molar-refractivity contribution >= 4 is 34.8 Å². The molecule has 24 heavy (non-hydrogen) atoms. The van der Waals surface area contributed by atoms with E-state index in [0.29, 0.717) is 28.7 Å². The summed E-state index contributed by atoms with van der Waals surface area (Å²) in [7, 11) is 1.84. The number of nitrogens with zero attached hydrogens (tertiary/aromatic N) is 2. The highest BCUT2D eigenvalue weighted by Gasteiger charge is 2.11. The minimum Gasteiger partial charge on any atom is -0.325 e. The Bertz CT molecular complexity index is 754. The van der Waals surface area contributed by atoms with Crippen LogP contribution in [0.4, 0.5) is 5.69 Å². The van der Waals surface area contributed by atoms with Gasteiger partial charge in [-0.05, 0) is 36.4 Å². The van der Waals surface area contributed by atoms with Crippen LogP contribution in [0.5, 0.6) is 0 Å². The Morgan fingerprint density at radius 1 is 1.21 bits per heavy atom. The van der Waals surface area contributed by atoms with Crippen molar-refractivity contribution in [2.24, 2.45) is 0 Å². The van der Waals surface area contributed by atoms with E-state index in [0.717, 1.165) is 11.1 Å². The van der Waals surface area contributed by atoms with E-state index >= 15 is 0 Å². The van der Waals surface area contributed by atoms with E-state index in [9.17, 15) is 4.79 Å². The van der Waals surface area contributed by atoms with Crippen molar-refractivity contribution in [3.63, 3.8) is 0 Å². The number of benzene rings is 2. The van der Waals surface area contributed by atoms with Gasteiger partial charge in [0.1, 0.15) is 0 Å². The third-order valence-corrected chi connectivity index (χ3v) is 4.26. The number of nitriles is 1. The normalized spacial score (nSPS) is 10.5. The number of anilines is 1. The summed E-state index contributed by atoms with van der Waals surface area (Å²) in [5.41, 5.74) is 2.50. The standard InChI is InChI=1S/C18H17Cl2N3O/c1-23(11-14-3-2-4-16(19)18(14)20)12-17(24)22-15-7-5-13(6-8-15)9-10-21/h2-8H,9,11-12H2,1H3,(H,22,24). The van der Waals surface area contributed by atoms with Gasteiger partial charge in [0, 0.05) is 12.2 Å². The average molecular weight is 362 g/mol. The molecule has 0 bridgehead atoms. The number of hydrogen-bond acceptors (Lipinski definition) is 3. The van der Waals surface area contributed by atoms with Crippen molar-refractivity contribution in [2.75, 3.05) is 18.9 Å². The van der Waals surface area contributed by atoms with Crippen LogP contribution in [0, 0.1) is 11.3 Å². The molecule has 0 atom stereocenters. The Kier molecular flexibility index (Phi) is 6.62. The molecule has 4 nitrogen and oxygen atoms in total. The first-order valence-corrected chi connectivity index (χ1v) is 8.12. The molecule has 0 aliphatic heterocycles. The predicted octanol–water partition coefficient (Wildman–Crippen LogP) is 4.13. The van der Waals surface area contributed by atoms with E-state index < -0.39 is 0 Å². The summed E-state index contributed by atoms with van der Waals surface area (Å²) in [6.07, 6.45) is 0.358. The molecule has 0 aliphatic carbocycles. The number of halogens is 2. The first-order valence-electron chi connectivity index (χ1n) is 7.36. The summed E-state index contributed by atoms with van der Waals surface area (Å²) in [5.74, 6) is -0.122. The molecule has 1 amide bonds. The lowest BCUT2D eigenvalue weighted by Gasteiger charge is -2.17. The molecule has 2 rings (SSSR count). The van der Waals surface area contributed by atoms with E-state index in [4.69, 9.17) is 28.5 Å². The van der Waals surface area contributed by atoms with Gasteiger partial charge in [0.05, 0.1) is 29.1 Å². The van der Waals surface area contributed by atoms with Gasteiger partial charge in [-0.2, -0.15) is 5.26 Å². The van der Waals surface area contributed by atoms with Gasteiger partial charge >= 0.3 is 0 Å². The van der Waals surface area contributed by atoms with Crippen molar-refractivity contribution in [1.29, 1.82) is 5.26 Å². The van der Waals surface area contributed by atoms with Gasteiger partial charge < -0.3 is 5.32 Å². The Labute approximate surface area is 151 Å². The zero-order chi connectivity index (χ0) is 17.5. The monoisotopic (exact) mass is 361 g/mol. The molecule has 0 fully saturated rings. The quantitative estimate of drug-likeness (QED) is 0.841. The van der Waals surface area contributed by atoms with Crippen LogP contribution in [-0.4, -0.2) is 24.4 Å². The zero-order valence-electron chi connectivity index (χ0n) is 13.2. The summed E-state index contributed by atoms with van der Waals surface area (Å²) in [6.45, 7) is 0.747. The molecule has 0 spiro atoms. The molecule has 1 N–H and O–H groups in total. The molecule has 2 aromatic carbocycles. The second kappa shape index (κ2) is 8.70. The van der Waals surface area contributed by atoms with Crippen molar-refractivity contribution < 1.29 is 4.79 Å². The Balaban J connectivity index is 1.89. The van der Waals surface area contributed by atoms with Crippen LogP contribution in [0.2, 0.25) is 10.0 Å². The highest BCUT2D eigenvalue weighted by atomic mass is 35.5. The lowest BCUT2D eigenvalue weighted by molar-refractivity contribution is -0.117. The lowest BCUT2D eigenvalue weighted by atomic mass is 10.1. The number of nitrogens with one attached hydrogen (secondary N) is 1. The maximum atomic E-state index is 12.1. The topological polar surface area (TPSA) is 56.1 Å². The molecule has 6 heteroatoms. The fourth-order valence-corrected chi connectivity index (χ4v) is 2.64. The molecule has 124 valence electrons. The molecular weight excluding hydrogens is 345 g/mol. The first kappa shape index (κ1) is 18.3. The van der Waals surface area contributed by atoms with Crippen LogP contribution < -0.4 is 5.32 Å². The first-order chi connectivity index (χ1) is 11.5. The van der Waals surface area contributed by atoms with Crippen LogP contribution in [0.1, 0.15) is 11.1 Å². The SMILES string of the molecule is CN(CC(=O)Nc1ccc(CC#N)cc1)Cc1cccc(Cl)c1Cl. The zero-order valence-corrected chi connectivity index (χ0v) is 14.7. The van der Waals surface area contributed by atoms with Crippen molar-refractivity contribution in [2.45, 2.75) is 13.0 Å². The minimum absolute atomic E-state index is 0.122. The third kappa shape index (κ3) is 5.24. The number of carbonyl (C=O) groups is 1. The summed E-state index contributed by atoms with van der Waals surface area (Å²) in [6, 6.07) is 14.8. The predicted molar refractivity (Wildman–Crippen MR) is 97.2 cm³/mol. The Hall–Kier alpha value is -2.06. The highest BCUT2D eigenvalue weighted by molar-refractivity contribution is 6.42. The molecule has 2 aromatic rings. The summed E-state index contributed by atoms with van der Waals surface area (Å²) >= 11 is 12.2. The number of rotatable bonds is 6. The van der Waals surface area contributed by atoms with Gasteiger partial charge in [-0.15, -0.1) is 0 Å². The van der Waals surface area contributed by atoms with E-state index in [-0.39, 0.29) is 12.5 Å².